The molecule has 0 atom stereocenters. The number of piperazine rings is 1. The Morgan fingerprint density at radius 3 is 2.00 bits per heavy atom. The fourth-order valence-electron chi connectivity index (χ4n) is 2.97. The summed E-state index contributed by atoms with van der Waals surface area (Å²) in [5.74, 6) is 0.657. The number of carbonyl (C=O) groups excluding carboxylic acids is 2. The molecular weight excluding hydrogens is 348 g/mol. The molecule has 0 bridgehead atoms. The fraction of sp³-hybridized carbons (Fsp3) is 0.300. The lowest BCUT2D eigenvalue weighted by Gasteiger charge is -2.35. The number of amides is 2. The fourth-order valence-corrected chi connectivity index (χ4v) is 3.38. The summed E-state index contributed by atoms with van der Waals surface area (Å²) in [6.07, 6.45) is 2.01. The lowest BCUT2D eigenvalue weighted by atomic mass is 10.1. The van der Waals surface area contributed by atoms with E-state index in [0.29, 0.717) is 43.1 Å². The molecule has 5 nitrogen and oxygen atoms in total. The van der Waals surface area contributed by atoms with Crippen LogP contribution in [-0.4, -0.2) is 61.2 Å². The van der Waals surface area contributed by atoms with Crippen LogP contribution in [0.5, 0.6) is 5.75 Å². The first-order valence-electron chi connectivity index (χ1n) is 8.49. The summed E-state index contributed by atoms with van der Waals surface area (Å²) >= 11 is 1.65. The second-order valence-corrected chi connectivity index (χ2v) is 6.92. The first kappa shape index (κ1) is 18.3. The molecule has 0 unspecified atom stereocenters. The predicted octanol–water partition coefficient (Wildman–Crippen LogP) is 3.02. The van der Waals surface area contributed by atoms with Crippen molar-refractivity contribution < 1.29 is 14.3 Å². The van der Waals surface area contributed by atoms with Crippen molar-refractivity contribution in [1.29, 1.82) is 0 Å². The second kappa shape index (κ2) is 8.27. The molecule has 26 heavy (non-hydrogen) atoms. The van der Waals surface area contributed by atoms with E-state index in [4.69, 9.17) is 4.74 Å². The van der Waals surface area contributed by atoms with Crippen LogP contribution in [0, 0.1) is 0 Å². The molecule has 1 saturated heterocycles. The minimum atomic E-state index is -0.0275. The van der Waals surface area contributed by atoms with Crippen LogP contribution in [0.1, 0.15) is 20.7 Å². The summed E-state index contributed by atoms with van der Waals surface area (Å²) in [4.78, 5) is 30.0. The first-order chi connectivity index (χ1) is 12.6. The van der Waals surface area contributed by atoms with Crippen molar-refractivity contribution in [2.24, 2.45) is 0 Å². The standard InChI is InChI=1S/C20H22N2O3S/c1-25-17-5-3-4-16(14-17)20(24)22-12-10-21(11-13-22)19(23)15-6-8-18(26-2)9-7-15/h3-9,14H,10-13H2,1-2H3. The maximum absolute atomic E-state index is 12.6. The Kier molecular flexibility index (Phi) is 5.83. The van der Waals surface area contributed by atoms with Crippen molar-refractivity contribution in [2.45, 2.75) is 4.90 Å². The summed E-state index contributed by atoms with van der Waals surface area (Å²) in [5, 5.41) is 0. The van der Waals surface area contributed by atoms with Crippen molar-refractivity contribution in [3.05, 3.63) is 59.7 Å². The summed E-state index contributed by atoms with van der Waals surface area (Å²) in [6.45, 7) is 2.15. The van der Waals surface area contributed by atoms with E-state index in [1.807, 2.05) is 47.6 Å². The van der Waals surface area contributed by atoms with Crippen LogP contribution >= 0.6 is 11.8 Å². The lowest BCUT2D eigenvalue weighted by Crippen LogP contribution is -2.50. The molecule has 2 amide bonds. The van der Waals surface area contributed by atoms with E-state index in [1.54, 1.807) is 35.9 Å². The second-order valence-electron chi connectivity index (χ2n) is 6.04. The third-order valence-electron chi connectivity index (χ3n) is 4.51. The van der Waals surface area contributed by atoms with Gasteiger partial charge in [-0.1, -0.05) is 6.07 Å². The van der Waals surface area contributed by atoms with Gasteiger partial charge in [0.15, 0.2) is 0 Å². The van der Waals surface area contributed by atoms with E-state index >= 15 is 0 Å². The highest BCUT2D eigenvalue weighted by molar-refractivity contribution is 7.98. The minimum Gasteiger partial charge on any atom is -0.497 e. The number of thioether (sulfide) groups is 1. The van der Waals surface area contributed by atoms with Crippen LogP contribution in [0.4, 0.5) is 0 Å². The van der Waals surface area contributed by atoms with E-state index in [2.05, 4.69) is 0 Å². The highest BCUT2D eigenvalue weighted by Gasteiger charge is 2.25. The van der Waals surface area contributed by atoms with Crippen LogP contribution in [0.3, 0.4) is 0 Å². The Morgan fingerprint density at radius 1 is 0.885 bits per heavy atom. The number of nitrogens with zero attached hydrogens (tertiary/aromatic N) is 2. The van der Waals surface area contributed by atoms with Gasteiger partial charge in [0.2, 0.25) is 0 Å². The smallest absolute Gasteiger partial charge is 0.254 e. The van der Waals surface area contributed by atoms with Gasteiger partial charge < -0.3 is 14.5 Å². The van der Waals surface area contributed by atoms with E-state index in [1.165, 1.54) is 0 Å². The zero-order valence-corrected chi connectivity index (χ0v) is 15.8. The molecule has 6 heteroatoms. The molecule has 1 heterocycles. The third kappa shape index (κ3) is 4.02. The SMILES string of the molecule is COc1cccc(C(=O)N2CCN(C(=O)c3ccc(SC)cc3)CC2)c1. The Labute approximate surface area is 157 Å². The molecule has 3 rings (SSSR count). The topological polar surface area (TPSA) is 49.9 Å². The normalized spacial score (nSPS) is 14.2. The Balaban J connectivity index is 1.61. The molecule has 1 aliphatic rings. The maximum atomic E-state index is 12.6. The van der Waals surface area contributed by atoms with Gasteiger partial charge >= 0.3 is 0 Å². The zero-order valence-electron chi connectivity index (χ0n) is 15.0. The number of hydrogen-bond acceptors (Lipinski definition) is 4. The first-order valence-corrected chi connectivity index (χ1v) is 9.71. The van der Waals surface area contributed by atoms with Gasteiger partial charge in [0.1, 0.15) is 5.75 Å². The van der Waals surface area contributed by atoms with Crippen LogP contribution in [0.15, 0.2) is 53.4 Å². The van der Waals surface area contributed by atoms with Gasteiger partial charge in [-0.05, 0) is 48.7 Å². The summed E-state index contributed by atoms with van der Waals surface area (Å²) < 4.78 is 5.18. The van der Waals surface area contributed by atoms with Gasteiger partial charge in [0, 0.05) is 42.2 Å². The number of ether oxygens (including phenoxy) is 1. The molecule has 136 valence electrons. The van der Waals surface area contributed by atoms with E-state index < -0.39 is 0 Å². The Hall–Kier alpha value is -2.47. The molecule has 0 spiro atoms. The predicted molar refractivity (Wildman–Crippen MR) is 103 cm³/mol. The highest BCUT2D eigenvalue weighted by atomic mass is 32.2. The molecule has 0 aliphatic carbocycles. The quantitative estimate of drug-likeness (QED) is 0.777. The van der Waals surface area contributed by atoms with Crippen molar-refractivity contribution in [2.75, 3.05) is 39.5 Å². The molecule has 0 radical (unpaired) electrons. The number of hydrogen-bond donors (Lipinski definition) is 0. The number of rotatable bonds is 4. The third-order valence-corrected chi connectivity index (χ3v) is 5.25. The number of methoxy groups -OCH3 is 1. The molecule has 0 aromatic heterocycles. The van der Waals surface area contributed by atoms with Crippen molar-refractivity contribution in [3.8, 4) is 5.75 Å². The molecule has 2 aromatic rings. The van der Waals surface area contributed by atoms with E-state index in [-0.39, 0.29) is 11.8 Å². The highest BCUT2D eigenvalue weighted by Crippen LogP contribution is 2.18. The van der Waals surface area contributed by atoms with Gasteiger partial charge in [0.25, 0.3) is 11.8 Å². The van der Waals surface area contributed by atoms with Gasteiger partial charge in [0.05, 0.1) is 7.11 Å². The zero-order chi connectivity index (χ0) is 18.5. The van der Waals surface area contributed by atoms with Crippen LogP contribution in [0.25, 0.3) is 0 Å². The van der Waals surface area contributed by atoms with E-state index in [9.17, 15) is 9.59 Å². The van der Waals surface area contributed by atoms with Gasteiger partial charge in [-0.15, -0.1) is 11.8 Å². The van der Waals surface area contributed by atoms with Gasteiger partial charge in [-0.25, -0.2) is 0 Å². The maximum Gasteiger partial charge on any atom is 0.254 e. The van der Waals surface area contributed by atoms with Crippen molar-refractivity contribution in [1.82, 2.24) is 9.80 Å². The molecule has 1 aliphatic heterocycles. The Morgan fingerprint density at radius 2 is 1.46 bits per heavy atom. The molecule has 0 N–H and O–H groups in total. The molecule has 1 fully saturated rings. The monoisotopic (exact) mass is 370 g/mol. The van der Waals surface area contributed by atoms with Gasteiger partial charge in [-0.3, -0.25) is 9.59 Å². The Bertz CT molecular complexity index is 784. The van der Waals surface area contributed by atoms with Gasteiger partial charge in [-0.2, -0.15) is 0 Å². The molecular formula is C20H22N2O3S. The van der Waals surface area contributed by atoms with E-state index in [0.717, 1.165) is 4.90 Å². The summed E-state index contributed by atoms with van der Waals surface area (Å²) in [7, 11) is 1.58. The number of carbonyl (C=O) groups is 2. The average Bonchev–Trinajstić information content (AvgIpc) is 2.73. The van der Waals surface area contributed by atoms with Crippen LogP contribution in [-0.2, 0) is 0 Å². The van der Waals surface area contributed by atoms with Crippen molar-refractivity contribution in [3.63, 3.8) is 0 Å². The largest absolute Gasteiger partial charge is 0.497 e. The van der Waals surface area contributed by atoms with Crippen LogP contribution in [0.2, 0.25) is 0 Å². The lowest BCUT2D eigenvalue weighted by molar-refractivity contribution is 0.0535. The summed E-state index contributed by atoms with van der Waals surface area (Å²) in [6, 6.07) is 14.8. The van der Waals surface area contributed by atoms with Crippen molar-refractivity contribution >= 4 is 23.6 Å². The summed E-state index contributed by atoms with van der Waals surface area (Å²) in [5.41, 5.74) is 1.30. The molecule has 0 saturated carbocycles. The van der Waals surface area contributed by atoms with Crippen LogP contribution < -0.4 is 4.74 Å². The average molecular weight is 370 g/mol. The minimum absolute atomic E-state index is 0.0196. The molecule has 2 aromatic carbocycles. The number of benzene rings is 2.